The summed E-state index contributed by atoms with van der Waals surface area (Å²) in [6.45, 7) is 6.74. The van der Waals surface area contributed by atoms with Crippen LogP contribution >= 0.6 is 24.8 Å². The van der Waals surface area contributed by atoms with Gasteiger partial charge in [0, 0.05) is 38.3 Å². The van der Waals surface area contributed by atoms with Crippen molar-refractivity contribution in [1.82, 2.24) is 19.5 Å². The van der Waals surface area contributed by atoms with Crippen LogP contribution in [0.25, 0.3) is 16.8 Å². The third-order valence-electron chi connectivity index (χ3n) is 5.04. The number of nitrogens with two attached hydrogens (primary N) is 1. The van der Waals surface area contributed by atoms with Gasteiger partial charge in [0.15, 0.2) is 0 Å². The van der Waals surface area contributed by atoms with E-state index in [4.69, 9.17) is 10.7 Å². The Kier molecular flexibility index (Phi) is 7.06. The summed E-state index contributed by atoms with van der Waals surface area (Å²) in [6.07, 6.45) is 3.86. The number of anilines is 1. The molecule has 1 fully saturated rings. The van der Waals surface area contributed by atoms with Crippen LogP contribution in [0.15, 0.2) is 36.7 Å². The lowest BCUT2D eigenvalue weighted by Crippen LogP contribution is -2.44. The summed E-state index contributed by atoms with van der Waals surface area (Å²) in [5.41, 5.74) is 11.3. The minimum atomic E-state index is 0. The number of hydrogen-bond donors (Lipinski definition) is 1. The number of benzene rings is 1. The van der Waals surface area contributed by atoms with Crippen molar-refractivity contribution in [2.75, 3.05) is 38.1 Å². The van der Waals surface area contributed by atoms with Gasteiger partial charge in [0.05, 0.1) is 23.6 Å². The highest BCUT2D eigenvalue weighted by atomic mass is 35.5. The Morgan fingerprint density at radius 1 is 1.07 bits per heavy atom. The van der Waals surface area contributed by atoms with Gasteiger partial charge in [-0.15, -0.1) is 24.8 Å². The Labute approximate surface area is 172 Å². The zero-order valence-corrected chi connectivity index (χ0v) is 17.3. The van der Waals surface area contributed by atoms with Crippen LogP contribution in [0.3, 0.4) is 0 Å². The van der Waals surface area contributed by atoms with E-state index in [1.54, 1.807) is 0 Å². The molecule has 0 unspecified atom stereocenters. The van der Waals surface area contributed by atoms with Gasteiger partial charge in [-0.25, -0.2) is 9.50 Å². The number of aryl methyl sites for hydroxylation is 1. The summed E-state index contributed by atoms with van der Waals surface area (Å²) in [5.74, 6) is 0.986. The van der Waals surface area contributed by atoms with Crippen LogP contribution in [0.2, 0.25) is 0 Å². The number of rotatable bonds is 3. The summed E-state index contributed by atoms with van der Waals surface area (Å²) >= 11 is 0. The van der Waals surface area contributed by atoms with Gasteiger partial charge in [-0.2, -0.15) is 5.10 Å². The van der Waals surface area contributed by atoms with Crippen molar-refractivity contribution in [3.05, 3.63) is 47.8 Å². The first-order valence-corrected chi connectivity index (χ1v) is 8.73. The zero-order valence-electron chi connectivity index (χ0n) is 15.6. The summed E-state index contributed by atoms with van der Waals surface area (Å²) < 4.78 is 1.93. The minimum absolute atomic E-state index is 0. The lowest BCUT2D eigenvalue weighted by Gasteiger charge is -2.33. The molecule has 0 atom stereocenters. The Balaban J connectivity index is 0.00000131. The van der Waals surface area contributed by atoms with Gasteiger partial charge >= 0.3 is 0 Å². The number of hydrogen-bond acceptors (Lipinski definition) is 5. The molecule has 1 saturated heterocycles. The second kappa shape index (κ2) is 8.89. The van der Waals surface area contributed by atoms with E-state index in [0.29, 0.717) is 6.54 Å². The second-order valence-corrected chi connectivity index (χ2v) is 6.74. The number of likely N-dealkylation sites (N-methyl/N-ethyl adjacent to an activating group) is 1. The van der Waals surface area contributed by atoms with E-state index in [1.807, 2.05) is 23.0 Å². The fraction of sp³-hybridized carbons (Fsp3) is 0.368. The van der Waals surface area contributed by atoms with Crippen molar-refractivity contribution >= 4 is 36.1 Å². The maximum absolute atomic E-state index is 5.81. The maximum atomic E-state index is 5.81. The molecule has 3 heterocycles. The standard InChI is InChI=1S/C19H24N6.2ClH/c1-14-11-15(3-4-16(14)12-20)19-17-5-6-21-25(17)13-18(22-19)24-9-7-23(2)8-10-24;;/h3-6,11,13H,7-10,12,20H2,1-2H3;2*1H. The third-order valence-corrected chi connectivity index (χ3v) is 5.04. The number of halogens is 2. The first-order chi connectivity index (χ1) is 12.2. The van der Waals surface area contributed by atoms with Gasteiger partial charge in [-0.05, 0) is 37.2 Å². The summed E-state index contributed by atoms with van der Waals surface area (Å²) in [6, 6.07) is 8.40. The van der Waals surface area contributed by atoms with Crippen molar-refractivity contribution in [2.45, 2.75) is 13.5 Å². The molecule has 2 N–H and O–H groups in total. The van der Waals surface area contributed by atoms with Crippen molar-refractivity contribution < 1.29 is 0 Å². The fourth-order valence-electron chi connectivity index (χ4n) is 3.39. The highest BCUT2D eigenvalue weighted by Gasteiger charge is 2.18. The van der Waals surface area contributed by atoms with Crippen LogP contribution < -0.4 is 10.6 Å². The number of nitrogens with zero attached hydrogens (tertiary/aromatic N) is 5. The summed E-state index contributed by atoms with van der Waals surface area (Å²) in [4.78, 5) is 9.69. The molecule has 4 rings (SSSR count). The van der Waals surface area contributed by atoms with Crippen LogP contribution in [-0.2, 0) is 6.54 Å². The van der Waals surface area contributed by atoms with Gasteiger partial charge in [0.2, 0.25) is 0 Å². The molecule has 27 heavy (non-hydrogen) atoms. The van der Waals surface area contributed by atoms with E-state index in [-0.39, 0.29) is 24.8 Å². The smallest absolute Gasteiger partial charge is 0.148 e. The molecular weight excluding hydrogens is 383 g/mol. The average Bonchev–Trinajstić information content (AvgIpc) is 3.10. The van der Waals surface area contributed by atoms with Crippen LogP contribution in [0, 0.1) is 6.92 Å². The second-order valence-electron chi connectivity index (χ2n) is 6.74. The number of fused-ring (bicyclic) bond motifs is 1. The molecule has 2 aromatic heterocycles. The summed E-state index contributed by atoms with van der Waals surface area (Å²) in [7, 11) is 2.16. The van der Waals surface area contributed by atoms with Crippen LogP contribution in [0.4, 0.5) is 5.82 Å². The van der Waals surface area contributed by atoms with Gasteiger partial charge in [0.25, 0.3) is 0 Å². The molecule has 0 radical (unpaired) electrons. The Morgan fingerprint density at radius 2 is 1.81 bits per heavy atom. The molecule has 1 aromatic carbocycles. The Bertz CT molecular complexity index is 902. The molecular formula is C19H26Cl2N6. The molecule has 1 aliphatic heterocycles. The number of aromatic nitrogens is 3. The van der Waals surface area contributed by atoms with Gasteiger partial charge in [-0.1, -0.05) is 12.1 Å². The highest BCUT2D eigenvalue weighted by Crippen LogP contribution is 2.27. The predicted octanol–water partition coefficient (Wildman–Crippen LogP) is 2.76. The zero-order chi connectivity index (χ0) is 17.4. The molecule has 6 nitrogen and oxygen atoms in total. The van der Waals surface area contributed by atoms with Crippen LogP contribution in [0.1, 0.15) is 11.1 Å². The van der Waals surface area contributed by atoms with Crippen molar-refractivity contribution in [2.24, 2.45) is 5.73 Å². The molecule has 1 aliphatic rings. The predicted molar refractivity (Wildman–Crippen MR) is 115 cm³/mol. The van der Waals surface area contributed by atoms with E-state index in [2.05, 4.69) is 47.1 Å². The monoisotopic (exact) mass is 408 g/mol. The normalized spacial score (nSPS) is 14.7. The first kappa shape index (κ1) is 21.4. The largest absolute Gasteiger partial charge is 0.353 e. The lowest BCUT2D eigenvalue weighted by molar-refractivity contribution is 0.312. The van der Waals surface area contributed by atoms with Crippen molar-refractivity contribution in [3.8, 4) is 11.3 Å². The molecule has 146 valence electrons. The molecule has 0 bridgehead atoms. The minimum Gasteiger partial charge on any atom is -0.353 e. The van der Waals surface area contributed by atoms with E-state index in [0.717, 1.165) is 48.8 Å². The van der Waals surface area contributed by atoms with Gasteiger partial charge in [-0.3, -0.25) is 0 Å². The summed E-state index contributed by atoms with van der Waals surface area (Å²) in [5, 5.41) is 4.45. The fourth-order valence-corrected chi connectivity index (χ4v) is 3.39. The van der Waals surface area contributed by atoms with Crippen molar-refractivity contribution in [1.29, 1.82) is 0 Å². The van der Waals surface area contributed by atoms with Gasteiger partial charge in [0.1, 0.15) is 5.82 Å². The first-order valence-electron chi connectivity index (χ1n) is 8.73. The van der Waals surface area contributed by atoms with Gasteiger partial charge < -0.3 is 15.5 Å². The van der Waals surface area contributed by atoms with E-state index >= 15 is 0 Å². The average molecular weight is 409 g/mol. The van der Waals surface area contributed by atoms with E-state index in [1.165, 1.54) is 11.1 Å². The van der Waals surface area contributed by atoms with Crippen LogP contribution in [-0.4, -0.2) is 52.7 Å². The molecule has 3 aromatic rings. The topological polar surface area (TPSA) is 62.7 Å². The maximum Gasteiger partial charge on any atom is 0.148 e. The highest BCUT2D eigenvalue weighted by molar-refractivity contribution is 5.85. The van der Waals surface area contributed by atoms with Crippen molar-refractivity contribution in [3.63, 3.8) is 0 Å². The molecule has 0 aliphatic carbocycles. The molecule has 0 amide bonds. The van der Waals surface area contributed by atoms with E-state index < -0.39 is 0 Å². The Hall–Kier alpha value is -1.86. The third kappa shape index (κ3) is 4.19. The molecule has 0 saturated carbocycles. The SMILES string of the molecule is Cc1cc(-c2nc(N3CCN(C)CC3)cn3nccc23)ccc1CN.Cl.Cl. The van der Waals surface area contributed by atoms with Crippen LogP contribution in [0.5, 0.6) is 0 Å². The quantitative estimate of drug-likeness (QED) is 0.721. The molecule has 0 spiro atoms. The Morgan fingerprint density at radius 3 is 2.48 bits per heavy atom. The van der Waals surface area contributed by atoms with E-state index in [9.17, 15) is 0 Å². The lowest BCUT2D eigenvalue weighted by atomic mass is 10.0. The molecule has 8 heteroatoms. The number of piperazine rings is 1.